The maximum Gasteiger partial charge on any atom is 0.302 e. The number of methoxy groups -OCH3 is 1. The molecule has 0 spiro atoms. The highest BCUT2D eigenvalue weighted by molar-refractivity contribution is 6.33. The number of nitrogens with one attached hydrogen (secondary N) is 1. The van der Waals surface area contributed by atoms with Crippen molar-refractivity contribution >= 4 is 57.6 Å². The first-order chi connectivity index (χ1) is 18.6. The van der Waals surface area contributed by atoms with Gasteiger partial charge in [-0.25, -0.2) is 0 Å². The summed E-state index contributed by atoms with van der Waals surface area (Å²) in [7, 11) is 1.46. The Labute approximate surface area is 229 Å². The summed E-state index contributed by atoms with van der Waals surface area (Å²) in [6.45, 7) is 3.52. The number of carbonyl (C=O) groups excluding carboxylic acids is 2. The molecule has 0 bridgehead atoms. The van der Waals surface area contributed by atoms with Crippen LogP contribution in [0.3, 0.4) is 0 Å². The molecule has 0 aliphatic heterocycles. The Bertz CT molecular complexity index is 1400. The average Bonchev–Trinajstić information content (AvgIpc) is 2.87. The van der Waals surface area contributed by atoms with Gasteiger partial charge in [0, 0.05) is 38.2 Å². The fraction of sp³-hybridized carbons (Fsp3) is 0.231. The van der Waals surface area contributed by atoms with Crippen molar-refractivity contribution in [3.05, 3.63) is 75.3 Å². The Hall–Kier alpha value is -4.71. The van der Waals surface area contributed by atoms with Crippen molar-refractivity contribution in [1.82, 2.24) is 0 Å². The van der Waals surface area contributed by atoms with Crippen LogP contribution in [0.15, 0.2) is 64.8 Å². The zero-order valence-corrected chi connectivity index (χ0v) is 22.3. The summed E-state index contributed by atoms with van der Waals surface area (Å²) in [4.78, 5) is 36.2. The van der Waals surface area contributed by atoms with Crippen molar-refractivity contribution in [3.8, 4) is 5.75 Å². The molecule has 0 fully saturated rings. The molecular weight excluding hydrogens is 528 g/mol. The van der Waals surface area contributed by atoms with Gasteiger partial charge in [0.15, 0.2) is 5.69 Å². The topological polar surface area (TPSA) is 162 Å². The Morgan fingerprint density at radius 2 is 1.85 bits per heavy atom. The third-order valence-corrected chi connectivity index (χ3v) is 5.64. The van der Waals surface area contributed by atoms with Crippen LogP contribution < -0.4 is 20.7 Å². The van der Waals surface area contributed by atoms with Gasteiger partial charge in [-0.1, -0.05) is 41.9 Å². The van der Waals surface area contributed by atoms with E-state index in [0.717, 1.165) is 11.6 Å². The van der Waals surface area contributed by atoms with E-state index >= 15 is 0 Å². The minimum absolute atomic E-state index is 0.0605. The molecule has 0 aromatic heterocycles. The third-order valence-electron chi connectivity index (χ3n) is 5.35. The highest BCUT2D eigenvalue weighted by Gasteiger charge is 2.21. The van der Waals surface area contributed by atoms with Crippen LogP contribution in [0.5, 0.6) is 5.75 Å². The first kappa shape index (κ1) is 28.9. The zero-order valence-electron chi connectivity index (χ0n) is 21.5. The van der Waals surface area contributed by atoms with Crippen LogP contribution in [0, 0.1) is 10.1 Å². The average molecular weight is 555 g/mol. The fourth-order valence-corrected chi connectivity index (χ4v) is 3.94. The number of nitro benzene ring substituents is 1. The Balaban J connectivity index is 2.10. The van der Waals surface area contributed by atoms with Gasteiger partial charge in [-0.2, -0.15) is 0 Å². The lowest BCUT2D eigenvalue weighted by Crippen LogP contribution is -2.28. The van der Waals surface area contributed by atoms with Gasteiger partial charge < -0.3 is 25.4 Å². The lowest BCUT2D eigenvalue weighted by Gasteiger charge is -2.27. The number of benzene rings is 3. The summed E-state index contributed by atoms with van der Waals surface area (Å²) < 4.78 is 10.8. The monoisotopic (exact) mass is 554 g/mol. The lowest BCUT2D eigenvalue weighted by atomic mass is 10.1. The van der Waals surface area contributed by atoms with Crippen LogP contribution in [0.25, 0.3) is 0 Å². The van der Waals surface area contributed by atoms with E-state index in [4.69, 9.17) is 26.8 Å². The normalized spacial score (nSPS) is 10.8. The molecule has 3 aromatic rings. The van der Waals surface area contributed by atoms with Gasteiger partial charge in [0.05, 0.1) is 35.0 Å². The quantitative estimate of drug-likeness (QED) is 0.0990. The van der Waals surface area contributed by atoms with Crippen LogP contribution >= 0.6 is 11.6 Å². The Kier molecular flexibility index (Phi) is 9.76. The molecule has 0 saturated carbocycles. The number of amides is 1. The summed E-state index contributed by atoms with van der Waals surface area (Å²) >= 11 is 6.17. The van der Waals surface area contributed by atoms with Gasteiger partial charge in [0.25, 0.3) is 5.69 Å². The number of nitrogen functional groups attached to an aromatic ring is 1. The van der Waals surface area contributed by atoms with E-state index in [2.05, 4.69) is 15.5 Å². The van der Waals surface area contributed by atoms with Gasteiger partial charge >= 0.3 is 5.97 Å². The molecule has 0 heterocycles. The maximum absolute atomic E-state index is 12.0. The second-order valence-electron chi connectivity index (χ2n) is 8.30. The van der Waals surface area contributed by atoms with Crippen molar-refractivity contribution < 1.29 is 24.0 Å². The number of nitrogens with zero attached hydrogens (tertiary/aromatic N) is 4. The lowest BCUT2D eigenvalue weighted by molar-refractivity contribution is -0.384. The van der Waals surface area contributed by atoms with E-state index in [1.165, 1.54) is 33.1 Å². The number of nitrogens with two attached hydrogens (primary N) is 1. The number of ether oxygens (including phenoxy) is 2. The molecular formula is C26H27ClN6O6. The minimum atomic E-state index is -0.667. The summed E-state index contributed by atoms with van der Waals surface area (Å²) in [6, 6.07) is 15.2. The molecule has 204 valence electrons. The number of esters is 1. The molecule has 0 aliphatic carbocycles. The predicted molar refractivity (Wildman–Crippen MR) is 148 cm³/mol. The second kappa shape index (κ2) is 13.2. The van der Waals surface area contributed by atoms with Crippen LogP contribution in [0.4, 0.5) is 34.1 Å². The van der Waals surface area contributed by atoms with Crippen LogP contribution in [-0.4, -0.2) is 37.1 Å². The molecule has 13 heteroatoms. The molecule has 0 radical (unpaired) electrons. The van der Waals surface area contributed by atoms with E-state index in [1.807, 2.05) is 35.2 Å². The van der Waals surface area contributed by atoms with Crippen LogP contribution in [0.2, 0.25) is 5.02 Å². The van der Waals surface area contributed by atoms with E-state index in [1.54, 1.807) is 6.07 Å². The van der Waals surface area contributed by atoms with Crippen molar-refractivity contribution in [1.29, 1.82) is 0 Å². The number of anilines is 3. The van der Waals surface area contributed by atoms with Crippen molar-refractivity contribution in [3.63, 3.8) is 0 Å². The molecule has 0 atom stereocenters. The maximum atomic E-state index is 12.0. The number of nitro groups is 1. The predicted octanol–water partition coefficient (Wildman–Crippen LogP) is 5.78. The van der Waals surface area contributed by atoms with E-state index in [-0.39, 0.29) is 40.3 Å². The Morgan fingerprint density at radius 1 is 1.13 bits per heavy atom. The molecule has 12 nitrogen and oxygen atoms in total. The molecule has 39 heavy (non-hydrogen) atoms. The number of azo groups is 1. The van der Waals surface area contributed by atoms with Gasteiger partial charge in [-0.05, 0) is 17.7 Å². The highest BCUT2D eigenvalue weighted by atomic mass is 35.5. The molecule has 3 aromatic carbocycles. The number of hydrogen-bond acceptors (Lipinski definition) is 10. The van der Waals surface area contributed by atoms with Gasteiger partial charge in [-0.3, -0.25) is 19.7 Å². The van der Waals surface area contributed by atoms with Crippen molar-refractivity contribution in [2.45, 2.75) is 20.4 Å². The first-order valence-corrected chi connectivity index (χ1v) is 12.0. The fourth-order valence-electron chi connectivity index (χ4n) is 3.68. The number of carbonyl (C=O) groups is 2. The largest absolute Gasteiger partial charge is 0.494 e. The van der Waals surface area contributed by atoms with Gasteiger partial charge in [0.1, 0.15) is 18.0 Å². The molecule has 0 saturated heterocycles. The van der Waals surface area contributed by atoms with Crippen molar-refractivity contribution in [2.24, 2.45) is 10.2 Å². The third kappa shape index (κ3) is 7.89. The summed E-state index contributed by atoms with van der Waals surface area (Å²) in [5, 5.41) is 22.3. The first-order valence-electron chi connectivity index (χ1n) is 11.7. The molecule has 0 unspecified atom stereocenters. The second-order valence-corrected chi connectivity index (χ2v) is 8.70. The summed E-state index contributed by atoms with van der Waals surface area (Å²) in [5.41, 5.74) is 7.15. The molecule has 1 amide bonds. The van der Waals surface area contributed by atoms with Crippen LogP contribution in [0.1, 0.15) is 19.4 Å². The van der Waals surface area contributed by atoms with Crippen molar-refractivity contribution in [2.75, 3.05) is 36.2 Å². The SMILES string of the molecule is COc1cc(N=Nc2c(Cl)cc(N)cc2[N+](=O)[O-])c(NC(C)=O)cc1N(CCOC(C)=O)Cc1ccccc1. The number of hydrogen-bond donors (Lipinski definition) is 2. The zero-order chi connectivity index (χ0) is 28.5. The standard InChI is InChI=1S/C26H27ClN6O6/c1-16(34)29-21-13-23(32(9-10-39-17(2)35)15-18-7-5-4-6-8-18)25(38-3)14-22(21)30-31-26-20(27)11-19(28)12-24(26)33(36)37/h4-8,11-14H,9-10,15,28H2,1-3H3,(H,29,34). The molecule has 3 N–H and O–H groups in total. The smallest absolute Gasteiger partial charge is 0.302 e. The van der Waals surface area contributed by atoms with E-state index in [0.29, 0.717) is 24.5 Å². The van der Waals surface area contributed by atoms with Gasteiger partial charge in [-0.15, -0.1) is 10.2 Å². The summed E-state index contributed by atoms with van der Waals surface area (Å²) in [5.74, 6) is -0.421. The van der Waals surface area contributed by atoms with Gasteiger partial charge in [0.2, 0.25) is 5.91 Å². The number of rotatable bonds is 11. The van der Waals surface area contributed by atoms with Crippen LogP contribution in [-0.2, 0) is 20.9 Å². The summed E-state index contributed by atoms with van der Waals surface area (Å²) in [6.07, 6.45) is 0. The van der Waals surface area contributed by atoms with E-state index < -0.39 is 16.6 Å². The highest BCUT2D eigenvalue weighted by Crippen LogP contribution is 2.42. The minimum Gasteiger partial charge on any atom is -0.494 e. The number of halogens is 1. The van der Waals surface area contributed by atoms with E-state index in [9.17, 15) is 19.7 Å². The molecule has 0 aliphatic rings. The Morgan fingerprint density at radius 3 is 2.46 bits per heavy atom. The molecule has 3 rings (SSSR count).